The van der Waals surface area contributed by atoms with Crippen LogP contribution in [0.2, 0.25) is 0 Å². The summed E-state index contributed by atoms with van der Waals surface area (Å²) < 4.78 is 39.4. The number of nitrogens with zero attached hydrogens (tertiary/aromatic N) is 3. The van der Waals surface area contributed by atoms with Crippen LogP contribution in [-0.4, -0.2) is 14.8 Å². The van der Waals surface area contributed by atoms with Gasteiger partial charge in [-0.15, -0.1) is 0 Å². The van der Waals surface area contributed by atoms with Gasteiger partial charge in [-0.05, 0) is 25.1 Å². The molecule has 0 bridgehead atoms. The molecule has 7 heteroatoms. The topological polar surface area (TPSA) is 56.7 Å². The Labute approximate surface area is 101 Å². The van der Waals surface area contributed by atoms with Crippen LogP contribution in [0.25, 0.3) is 11.4 Å². The minimum absolute atomic E-state index is 0.0421. The third-order valence-corrected chi connectivity index (χ3v) is 2.41. The van der Waals surface area contributed by atoms with Gasteiger partial charge in [-0.3, -0.25) is 0 Å². The SMILES string of the molecule is Cc1nc(-c2cc(N)cc(C(F)(F)F)c2)n(C)n1. The summed E-state index contributed by atoms with van der Waals surface area (Å²) in [5.74, 6) is 0.841. The molecule has 4 nitrogen and oxygen atoms in total. The summed E-state index contributed by atoms with van der Waals surface area (Å²) in [5.41, 5.74) is 5.04. The molecule has 1 aromatic carbocycles. The highest BCUT2D eigenvalue weighted by molar-refractivity contribution is 5.63. The highest BCUT2D eigenvalue weighted by atomic mass is 19.4. The Balaban J connectivity index is 2.59. The van der Waals surface area contributed by atoms with Gasteiger partial charge < -0.3 is 5.73 Å². The van der Waals surface area contributed by atoms with Crippen molar-refractivity contribution in [3.05, 3.63) is 29.6 Å². The fourth-order valence-electron chi connectivity index (χ4n) is 1.71. The molecule has 1 heterocycles. The van der Waals surface area contributed by atoms with Crippen LogP contribution < -0.4 is 5.73 Å². The van der Waals surface area contributed by atoms with Crippen LogP contribution in [0.1, 0.15) is 11.4 Å². The van der Waals surface area contributed by atoms with E-state index in [0.29, 0.717) is 17.2 Å². The van der Waals surface area contributed by atoms with Gasteiger partial charge >= 0.3 is 6.18 Å². The lowest BCUT2D eigenvalue weighted by molar-refractivity contribution is -0.137. The average molecular weight is 256 g/mol. The van der Waals surface area contributed by atoms with Gasteiger partial charge in [0, 0.05) is 18.3 Å². The number of halogens is 3. The van der Waals surface area contributed by atoms with Crippen LogP contribution in [0.4, 0.5) is 18.9 Å². The number of nitrogen functional groups attached to an aromatic ring is 1. The molecule has 96 valence electrons. The van der Waals surface area contributed by atoms with Gasteiger partial charge in [0.1, 0.15) is 5.82 Å². The molecule has 2 aromatic rings. The summed E-state index contributed by atoms with van der Waals surface area (Å²) in [5, 5.41) is 3.99. The first-order chi connectivity index (χ1) is 8.27. The number of hydrogen-bond acceptors (Lipinski definition) is 3. The van der Waals surface area contributed by atoms with Crippen LogP contribution in [0.15, 0.2) is 18.2 Å². The summed E-state index contributed by atoms with van der Waals surface area (Å²) in [6.45, 7) is 1.67. The molecule has 2 N–H and O–H groups in total. The first-order valence-electron chi connectivity index (χ1n) is 5.13. The van der Waals surface area contributed by atoms with E-state index in [-0.39, 0.29) is 5.69 Å². The zero-order valence-corrected chi connectivity index (χ0v) is 9.78. The second-order valence-electron chi connectivity index (χ2n) is 3.95. The smallest absolute Gasteiger partial charge is 0.399 e. The second kappa shape index (κ2) is 4.01. The lowest BCUT2D eigenvalue weighted by Gasteiger charge is -2.09. The maximum Gasteiger partial charge on any atom is 0.416 e. The first-order valence-corrected chi connectivity index (χ1v) is 5.13. The molecule has 0 radical (unpaired) electrons. The maximum atomic E-state index is 12.7. The van der Waals surface area contributed by atoms with Crippen molar-refractivity contribution in [2.24, 2.45) is 7.05 Å². The molecular weight excluding hydrogens is 245 g/mol. The van der Waals surface area contributed by atoms with E-state index in [4.69, 9.17) is 5.73 Å². The molecule has 0 fully saturated rings. The molecule has 0 aliphatic heterocycles. The predicted molar refractivity (Wildman–Crippen MR) is 60.6 cm³/mol. The van der Waals surface area contributed by atoms with Gasteiger partial charge in [-0.1, -0.05) is 0 Å². The predicted octanol–water partition coefficient (Wildman–Crippen LogP) is 2.39. The van der Waals surface area contributed by atoms with E-state index in [1.807, 2.05) is 0 Å². The van der Waals surface area contributed by atoms with Gasteiger partial charge in [0.15, 0.2) is 5.82 Å². The molecule has 0 unspecified atom stereocenters. The highest BCUT2D eigenvalue weighted by Gasteiger charge is 2.31. The molecule has 0 amide bonds. The quantitative estimate of drug-likeness (QED) is 0.797. The normalized spacial score (nSPS) is 11.8. The first kappa shape index (κ1) is 12.4. The Morgan fingerprint density at radius 3 is 2.39 bits per heavy atom. The zero-order valence-electron chi connectivity index (χ0n) is 9.78. The number of benzene rings is 1. The highest BCUT2D eigenvalue weighted by Crippen LogP contribution is 2.33. The standard InChI is InChI=1S/C11H11F3N4/c1-6-16-10(18(2)17-6)7-3-8(11(12,13)14)5-9(15)4-7/h3-5H,15H2,1-2H3. The Morgan fingerprint density at radius 1 is 1.22 bits per heavy atom. The van der Waals surface area contributed by atoms with Crippen molar-refractivity contribution in [1.82, 2.24) is 14.8 Å². The lowest BCUT2D eigenvalue weighted by Crippen LogP contribution is -2.06. The molecule has 0 aliphatic carbocycles. The molecule has 0 saturated heterocycles. The third-order valence-electron chi connectivity index (χ3n) is 2.41. The van der Waals surface area contributed by atoms with Crippen molar-refractivity contribution >= 4 is 5.69 Å². The molecule has 18 heavy (non-hydrogen) atoms. The number of aryl methyl sites for hydroxylation is 2. The molecule has 0 saturated carbocycles. The molecule has 2 rings (SSSR count). The Kier molecular flexibility index (Phi) is 2.76. The molecule has 1 aromatic heterocycles. The second-order valence-corrected chi connectivity index (χ2v) is 3.95. The van der Waals surface area contributed by atoms with Crippen LogP contribution in [0.5, 0.6) is 0 Å². The summed E-state index contributed by atoms with van der Waals surface area (Å²) in [7, 11) is 1.62. The van der Waals surface area contributed by atoms with Crippen LogP contribution in [0.3, 0.4) is 0 Å². The zero-order chi connectivity index (χ0) is 13.5. The molecule has 0 aliphatic rings. The van der Waals surface area contributed by atoms with E-state index in [9.17, 15) is 13.2 Å². The van der Waals surface area contributed by atoms with Crippen molar-refractivity contribution < 1.29 is 13.2 Å². The van der Waals surface area contributed by atoms with E-state index in [0.717, 1.165) is 12.1 Å². The number of aromatic nitrogens is 3. The summed E-state index contributed by atoms with van der Waals surface area (Å²) in [4.78, 5) is 4.07. The van der Waals surface area contributed by atoms with Gasteiger partial charge in [-0.25, -0.2) is 9.67 Å². The lowest BCUT2D eigenvalue weighted by atomic mass is 10.1. The van der Waals surface area contributed by atoms with Gasteiger partial charge in [0.2, 0.25) is 0 Å². The van der Waals surface area contributed by atoms with Crippen molar-refractivity contribution in [2.75, 3.05) is 5.73 Å². The Hall–Kier alpha value is -2.05. The van der Waals surface area contributed by atoms with Gasteiger partial charge in [0.05, 0.1) is 5.56 Å². The van der Waals surface area contributed by atoms with Crippen LogP contribution in [-0.2, 0) is 13.2 Å². The third kappa shape index (κ3) is 2.29. The number of alkyl halides is 3. The Bertz CT molecular complexity index is 586. The number of nitrogens with two attached hydrogens (primary N) is 1. The van der Waals surface area contributed by atoms with Crippen LogP contribution >= 0.6 is 0 Å². The minimum atomic E-state index is -4.43. The van der Waals surface area contributed by atoms with Gasteiger partial charge in [-0.2, -0.15) is 18.3 Å². The van der Waals surface area contributed by atoms with Gasteiger partial charge in [0.25, 0.3) is 0 Å². The summed E-state index contributed by atoms with van der Waals surface area (Å²) in [6.07, 6.45) is -4.43. The fraction of sp³-hybridized carbons (Fsp3) is 0.273. The fourth-order valence-corrected chi connectivity index (χ4v) is 1.71. The van der Waals surface area contributed by atoms with Crippen LogP contribution in [0, 0.1) is 6.92 Å². The van der Waals surface area contributed by atoms with Crippen molar-refractivity contribution in [3.63, 3.8) is 0 Å². The van der Waals surface area contributed by atoms with E-state index in [2.05, 4.69) is 10.1 Å². The van der Waals surface area contributed by atoms with Crippen molar-refractivity contribution in [2.45, 2.75) is 13.1 Å². The summed E-state index contributed by atoms with van der Waals surface area (Å²) >= 11 is 0. The Morgan fingerprint density at radius 2 is 1.89 bits per heavy atom. The van der Waals surface area contributed by atoms with Crippen molar-refractivity contribution in [1.29, 1.82) is 0 Å². The molecule has 0 spiro atoms. The number of anilines is 1. The van der Waals surface area contributed by atoms with Crippen molar-refractivity contribution in [3.8, 4) is 11.4 Å². The average Bonchev–Trinajstić information content (AvgIpc) is 2.55. The molecule has 0 atom stereocenters. The number of rotatable bonds is 1. The van der Waals surface area contributed by atoms with E-state index in [1.54, 1.807) is 14.0 Å². The maximum absolute atomic E-state index is 12.7. The number of hydrogen-bond donors (Lipinski definition) is 1. The largest absolute Gasteiger partial charge is 0.416 e. The molecular formula is C11H11F3N4. The minimum Gasteiger partial charge on any atom is -0.399 e. The van der Waals surface area contributed by atoms with E-state index < -0.39 is 11.7 Å². The monoisotopic (exact) mass is 256 g/mol. The van der Waals surface area contributed by atoms with E-state index in [1.165, 1.54) is 10.7 Å². The summed E-state index contributed by atoms with van der Waals surface area (Å²) in [6, 6.07) is 3.35. The van der Waals surface area contributed by atoms with E-state index >= 15 is 0 Å².